The molecule has 1 aliphatic heterocycles. The van der Waals surface area contributed by atoms with Crippen LogP contribution in [-0.4, -0.2) is 43.4 Å². The predicted octanol–water partition coefficient (Wildman–Crippen LogP) is 3.91. The van der Waals surface area contributed by atoms with Crippen LogP contribution in [0, 0.1) is 0 Å². The van der Waals surface area contributed by atoms with Crippen LogP contribution >= 0.6 is 23.1 Å². The molecule has 0 bridgehead atoms. The summed E-state index contributed by atoms with van der Waals surface area (Å²) in [6, 6.07) is 4.75. The number of aromatic nitrogens is 3. The molecule has 1 fully saturated rings. The number of rotatable bonds is 5. The van der Waals surface area contributed by atoms with Gasteiger partial charge in [0.15, 0.2) is 11.0 Å². The molecule has 1 amide bonds. The third kappa shape index (κ3) is 3.52. The Hall–Kier alpha value is -1.34. The Bertz CT molecular complexity index is 673. The van der Waals surface area contributed by atoms with Gasteiger partial charge >= 0.3 is 0 Å². The van der Waals surface area contributed by atoms with Gasteiger partial charge in [0, 0.05) is 18.6 Å². The molecule has 1 saturated heterocycles. The van der Waals surface area contributed by atoms with E-state index in [1.807, 2.05) is 11.4 Å². The summed E-state index contributed by atoms with van der Waals surface area (Å²) in [4.78, 5) is 15.8. The molecule has 0 aliphatic carbocycles. The Morgan fingerprint density at radius 2 is 2.08 bits per heavy atom. The highest BCUT2D eigenvalue weighted by Crippen LogP contribution is 2.28. The van der Waals surface area contributed by atoms with Gasteiger partial charge in [-0.05, 0) is 51.5 Å². The van der Waals surface area contributed by atoms with Crippen LogP contribution in [0.5, 0.6) is 0 Å². The van der Waals surface area contributed by atoms with E-state index in [2.05, 4.69) is 46.5 Å². The average Bonchev–Trinajstić information content (AvgIpc) is 3.21. The summed E-state index contributed by atoms with van der Waals surface area (Å²) in [5, 5.41) is 11.5. The van der Waals surface area contributed by atoms with Gasteiger partial charge in [-0.3, -0.25) is 4.79 Å². The molecule has 2 aromatic heterocycles. The molecule has 2 aromatic rings. The molecule has 7 heteroatoms. The highest BCUT2D eigenvalue weighted by molar-refractivity contribution is 7.99. The van der Waals surface area contributed by atoms with E-state index < -0.39 is 0 Å². The lowest BCUT2D eigenvalue weighted by molar-refractivity contribution is -0.134. The van der Waals surface area contributed by atoms with Crippen molar-refractivity contribution in [1.29, 1.82) is 0 Å². The van der Waals surface area contributed by atoms with E-state index in [1.165, 1.54) is 18.2 Å². The third-order valence-electron chi connectivity index (χ3n) is 4.58. The number of nitrogens with zero attached hydrogens (tertiary/aromatic N) is 4. The number of carbonyl (C=O) groups is 1. The highest BCUT2D eigenvalue weighted by Gasteiger charge is 2.29. The first-order valence-corrected chi connectivity index (χ1v) is 10.4. The van der Waals surface area contributed by atoms with Crippen LogP contribution in [0.25, 0.3) is 10.7 Å². The molecule has 0 spiro atoms. The van der Waals surface area contributed by atoms with Crippen molar-refractivity contribution in [3.05, 3.63) is 17.5 Å². The average molecular weight is 365 g/mol. The van der Waals surface area contributed by atoms with Crippen molar-refractivity contribution < 1.29 is 4.79 Å². The lowest BCUT2D eigenvalue weighted by Crippen LogP contribution is -2.48. The lowest BCUT2D eigenvalue weighted by Gasteiger charge is -2.39. The Kier molecular flexibility index (Phi) is 5.61. The number of likely N-dealkylation sites (tertiary alicyclic amines) is 1. The zero-order valence-electron chi connectivity index (χ0n) is 14.4. The number of thioether (sulfide) groups is 1. The standard InChI is InChI=1S/C17H24N4OS2/c1-4-20-16(14-9-6-10-23-14)18-19-17(20)24-11-15(22)21-12(2)7-5-8-13(21)3/h6,9-10,12-13H,4-5,7-8,11H2,1-3H3/t12-,13-/m1/s1. The van der Waals surface area contributed by atoms with Crippen LogP contribution in [-0.2, 0) is 11.3 Å². The second-order valence-corrected chi connectivity index (χ2v) is 8.14. The Labute approximate surface area is 151 Å². The number of hydrogen-bond acceptors (Lipinski definition) is 5. The minimum atomic E-state index is 0.211. The van der Waals surface area contributed by atoms with E-state index in [0.717, 1.165) is 35.2 Å². The van der Waals surface area contributed by atoms with Crippen molar-refractivity contribution in [2.45, 2.75) is 63.8 Å². The fraction of sp³-hybridized carbons (Fsp3) is 0.588. The smallest absolute Gasteiger partial charge is 0.233 e. The van der Waals surface area contributed by atoms with Gasteiger partial charge in [-0.15, -0.1) is 21.5 Å². The molecule has 1 aliphatic rings. The first-order valence-electron chi connectivity index (χ1n) is 8.52. The molecule has 0 saturated carbocycles. The number of hydrogen-bond donors (Lipinski definition) is 0. The number of amides is 1. The third-order valence-corrected chi connectivity index (χ3v) is 6.40. The molecular formula is C17H24N4OS2. The molecule has 3 heterocycles. The second kappa shape index (κ2) is 7.70. The predicted molar refractivity (Wildman–Crippen MR) is 99.4 cm³/mol. The van der Waals surface area contributed by atoms with Gasteiger partial charge in [0.25, 0.3) is 0 Å². The normalized spacial score (nSPS) is 21.2. The summed E-state index contributed by atoms with van der Waals surface area (Å²) < 4.78 is 2.09. The minimum Gasteiger partial charge on any atom is -0.337 e. The van der Waals surface area contributed by atoms with E-state index in [9.17, 15) is 4.79 Å². The molecule has 0 N–H and O–H groups in total. The van der Waals surface area contributed by atoms with Gasteiger partial charge in [0.1, 0.15) is 0 Å². The van der Waals surface area contributed by atoms with Crippen molar-refractivity contribution in [1.82, 2.24) is 19.7 Å². The zero-order chi connectivity index (χ0) is 17.1. The van der Waals surface area contributed by atoms with Gasteiger partial charge in [-0.25, -0.2) is 0 Å². The zero-order valence-corrected chi connectivity index (χ0v) is 16.1. The fourth-order valence-electron chi connectivity index (χ4n) is 3.38. The van der Waals surface area contributed by atoms with Gasteiger partial charge in [-0.1, -0.05) is 17.8 Å². The number of thiophene rings is 1. The maximum Gasteiger partial charge on any atom is 0.233 e. The highest BCUT2D eigenvalue weighted by atomic mass is 32.2. The van der Waals surface area contributed by atoms with E-state index in [4.69, 9.17) is 0 Å². The van der Waals surface area contributed by atoms with E-state index in [0.29, 0.717) is 17.8 Å². The quantitative estimate of drug-likeness (QED) is 0.755. The molecular weight excluding hydrogens is 340 g/mol. The minimum absolute atomic E-state index is 0.211. The Balaban J connectivity index is 1.69. The summed E-state index contributed by atoms with van der Waals surface area (Å²) in [5.74, 6) is 1.53. The van der Waals surface area contributed by atoms with Crippen LogP contribution in [0.4, 0.5) is 0 Å². The first-order chi connectivity index (χ1) is 11.6. The van der Waals surface area contributed by atoms with E-state index >= 15 is 0 Å². The molecule has 0 aromatic carbocycles. The summed E-state index contributed by atoms with van der Waals surface area (Å²) in [6.07, 6.45) is 3.43. The van der Waals surface area contributed by atoms with Crippen LogP contribution in [0.15, 0.2) is 22.7 Å². The van der Waals surface area contributed by atoms with Crippen LogP contribution < -0.4 is 0 Å². The first kappa shape index (κ1) is 17.5. The molecule has 24 heavy (non-hydrogen) atoms. The largest absolute Gasteiger partial charge is 0.337 e. The van der Waals surface area contributed by atoms with Crippen molar-refractivity contribution in [2.24, 2.45) is 0 Å². The van der Waals surface area contributed by atoms with Crippen LogP contribution in [0.1, 0.15) is 40.0 Å². The molecule has 5 nitrogen and oxygen atoms in total. The SMILES string of the molecule is CCn1c(SCC(=O)N2[C@H](C)CCC[C@H]2C)nnc1-c1cccs1. The second-order valence-electron chi connectivity index (χ2n) is 6.25. The number of carbonyl (C=O) groups excluding carboxylic acids is 1. The fourth-order valence-corrected chi connectivity index (χ4v) is 4.97. The van der Waals surface area contributed by atoms with E-state index in [1.54, 1.807) is 11.3 Å². The van der Waals surface area contributed by atoms with Crippen molar-refractivity contribution in [3.8, 4) is 10.7 Å². The van der Waals surface area contributed by atoms with Crippen LogP contribution in [0.3, 0.4) is 0 Å². The maximum atomic E-state index is 12.7. The van der Waals surface area contributed by atoms with Crippen molar-refractivity contribution in [2.75, 3.05) is 5.75 Å². The van der Waals surface area contributed by atoms with Gasteiger partial charge in [-0.2, -0.15) is 0 Å². The maximum absolute atomic E-state index is 12.7. The van der Waals surface area contributed by atoms with Crippen molar-refractivity contribution >= 4 is 29.0 Å². The van der Waals surface area contributed by atoms with Crippen LogP contribution in [0.2, 0.25) is 0 Å². The summed E-state index contributed by atoms with van der Waals surface area (Å²) in [5.41, 5.74) is 0. The number of piperidine rings is 1. The molecule has 130 valence electrons. The summed E-state index contributed by atoms with van der Waals surface area (Å²) in [6.45, 7) is 7.19. The van der Waals surface area contributed by atoms with Crippen molar-refractivity contribution in [3.63, 3.8) is 0 Å². The Morgan fingerprint density at radius 1 is 1.33 bits per heavy atom. The molecule has 0 unspecified atom stereocenters. The van der Waals surface area contributed by atoms with Gasteiger partial charge < -0.3 is 9.47 Å². The summed E-state index contributed by atoms with van der Waals surface area (Å²) >= 11 is 3.16. The van der Waals surface area contributed by atoms with Gasteiger partial charge in [0.05, 0.1) is 10.6 Å². The topological polar surface area (TPSA) is 51.0 Å². The summed E-state index contributed by atoms with van der Waals surface area (Å²) in [7, 11) is 0. The van der Waals surface area contributed by atoms with Gasteiger partial charge in [0.2, 0.25) is 5.91 Å². The molecule has 0 radical (unpaired) electrons. The Morgan fingerprint density at radius 3 is 2.71 bits per heavy atom. The van der Waals surface area contributed by atoms with E-state index in [-0.39, 0.29) is 5.91 Å². The lowest BCUT2D eigenvalue weighted by atomic mass is 9.98. The molecule has 2 atom stereocenters. The molecule has 3 rings (SSSR count). The monoisotopic (exact) mass is 364 g/mol.